The van der Waals surface area contributed by atoms with Gasteiger partial charge >= 0.3 is 0 Å². The smallest absolute Gasteiger partial charge is 0.131 e. The Morgan fingerprint density at radius 3 is 2.90 bits per heavy atom. The van der Waals surface area contributed by atoms with E-state index in [2.05, 4.69) is 9.97 Å². The molecular weight excluding hydrogens is 124 g/mol. The lowest BCUT2D eigenvalue weighted by atomic mass is 10.3. The summed E-state index contributed by atoms with van der Waals surface area (Å²) in [6.07, 6.45) is 4.41. The van der Waals surface area contributed by atoms with Gasteiger partial charge < -0.3 is 0 Å². The summed E-state index contributed by atoms with van der Waals surface area (Å²) in [7, 11) is 0. The first kappa shape index (κ1) is 5.83. The van der Waals surface area contributed by atoms with Crippen molar-refractivity contribution in [3.05, 3.63) is 23.8 Å². The molecule has 0 amide bonds. The molecule has 1 aliphatic rings. The third kappa shape index (κ3) is 1.01. The standard InChI is InChI=1S/C8H10N2/c1-6-4-5-9-8(10-6)7-2-3-7/h4-5,7H,2-3H2,1H3. The van der Waals surface area contributed by atoms with E-state index in [1.54, 1.807) is 0 Å². The third-order valence-corrected chi connectivity index (χ3v) is 1.76. The van der Waals surface area contributed by atoms with Crippen molar-refractivity contribution >= 4 is 0 Å². The Morgan fingerprint density at radius 1 is 1.50 bits per heavy atom. The lowest BCUT2D eigenvalue weighted by Gasteiger charge is -1.95. The van der Waals surface area contributed by atoms with Gasteiger partial charge in [-0.3, -0.25) is 0 Å². The molecule has 1 aliphatic carbocycles. The molecular formula is C8H10N2. The van der Waals surface area contributed by atoms with Gasteiger partial charge in [0.1, 0.15) is 5.82 Å². The maximum Gasteiger partial charge on any atom is 0.131 e. The van der Waals surface area contributed by atoms with Gasteiger partial charge in [-0.15, -0.1) is 0 Å². The van der Waals surface area contributed by atoms with Crippen LogP contribution < -0.4 is 0 Å². The zero-order chi connectivity index (χ0) is 6.97. The summed E-state index contributed by atoms with van der Waals surface area (Å²) in [5, 5.41) is 0. The molecule has 0 unspecified atom stereocenters. The van der Waals surface area contributed by atoms with Crippen molar-refractivity contribution in [2.24, 2.45) is 0 Å². The minimum absolute atomic E-state index is 0.680. The summed E-state index contributed by atoms with van der Waals surface area (Å²) < 4.78 is 0. The van der Waals surface area contributed by atoms with Crippen LogP contribution in [-0.4, -0.2) is 9.97 Å². The fourth-order valence-electron chi connectivity index (χ4n) is 1.01. The Kier molecular flexibility index (Phi) is 1.19. The van der Waals surface area contributed by atoms with Crippen LogP contribution in [0, 0.1) is 6.92 Å². The fraction of sp³-hybridized carbons (Fsp3) is 0.500. The Bertz CT molecular complexity index is 241. The first-order valence-corrected chi connectivity index (χ1v) is 3.66. The number of nitrogens with zero attached hydrogens (tertiary/aromatic N) is 2. The van der Waals surface area contributed by atoms with Gasteiger partial charge in [-0.1, -0.05) is 0 Å². The summed E-state index contributed by atoms with van der Waals surface area (Å²) in [5.41, 5.74) is 1.08. The van der Waals surface area contributed by atoms with Crippen LogP contribution >= 0.6 is 0 Å². The van der Waals surface area contributed by atoms with Gasteiger partial charge in [-0.2, -0.15) is 0 Å². The van der Waals surface area contributed by atoms with E-state index < -0.39 is 0 Å². The van der Waals surface area contributed by atoms with Gasteiger partial charge in [0.05, 0.1) is 0 Å². The normalized spacial score (nSPS) is 17.3. The van der Waals surface area contributed by atoms with Crippen molar-refractivity contribution in [3.63, 3.8) is 0 Å². The number of hydrogen-bond acceptors (Lipinski definition) is 2. The molecule has 0 bridgehead atoms. The molecule has 0 spiro atoms. The van der Waals surface area contributed by atoms with Crippen LogP contribution in [0.1, 0.15) is 30.3 Å². The largest absolute Gasteiger partial charge is 0.241 e. The van der Waals surface area contributed by atoms with Gasteiger partial charge in [-0.25, -0.2) is 9.97 Å². The van der Waals surface area contributed by atoms with E-state index in [1.165, 1.54) is 12.8 Å². The van der Waals surface area contributed by atoms with E-state index in [0.29, 0.717) is 5.92 Å². The molecule has 1 saturated carbocycles. The summed E-state index contributed by atoms with van der Waals surface area (Å²) in [6.45, 7) is 2.01. The Hall–Kier alpha value is -0.920. The molecule has 2 rings (SSSR count). The summed E-state index contributed by atoms with van der Waals surface area (Å²) in [5.74, 6) is 1.72. The van der Waals surface area contributed by atoms with Crippen molar-refractivity contribution < 1.29 is 0 Å². The Balaban J connectivity index is 2.32. The van der Waals surface area contributed by atoms with Gasteiger partial charge in [0.2, 0.25) is 0 Å². The van der Waals surface area contributed by atoms with Crippen LogP contribution in [0.4, 0.5) is 0 Å². The zero-order valence-electron chi connectivity index (χ0n) is 6.04. The van der Waals surface area contributed by atoms with Crippen molar-refractivity contribution in [1.29, 1.82) is 0 Å². The second-order valence-electron chi connectivity index (χ2n) is 2.83. The maximum absolute atomic E-state index is 4.32. The van der Waals surface area contributed by atoms with E-state index in [0.717, 1.165) is 11.5 Å². The lowest BCUT2D eigenvalue weighted by Crippen LogP contribution is -1.92. The van der Waals surface area contributed by atoms with E-state index in [4.69, 9.17) is 0 Å². The number of aryl methyl sites for hydroxylation is 1. The number of hydrogen-bond donors (Lipinski definition) is 0. The minimum Gasteiger partial charge on any atom is -0.241 e. The first-order chi connectivity index (χ1) is 4.86. The average molecular weight is 134 g/mol. The Morgan fingerprint density at radius 2 is 2.30 bits per heavy atom. The summed E-state index contributed by atoms with van der Waals surface area (Å²) in [4.78, 5) is 8.51. The topological polar surface area (TPSA) is 25.8 Å². The summed E-state index contributed by atoms with van der Waals surface area (Å²) in [6, 6.07) is 1.94. The van der Waals surface area contributed by atoms with Crippen molar-refractivity contribution in [1.82, 2.24) is 9.97 Å². The molecule has 0 aliphatic heterocycles. The molecule has 0 saturated heterocycles. The third-order valence-electron chi connectivity index (χ3n) is 1.76. The molecule has 0 radical (unpaired) electrons. The predicted molar refractivity (Wildman–Crippen MR) is 38.7 cm³/mol. The van der Waals surface area contributed by atoms with Crippen LogP contribution in [0.2, 0.25) is 0 Å². The van der Waals surface area contributed by atoms with Crippen LogP contribution in [0.15, 0.2) is 12.3 Å². The molecule has 0 atom stereocenters. The second-order valence-corrected chi connectivity index (χ2v) is 2.83. The second kappa shape index (κ2) is 2.04. The number of rotatable bonds is 1. The van der Waals surface area contributed by atoms with Crippen molar-refractivity contribution in [2.75, 3.05) is 0 Å². The molecule has 10 heavy (non-hydrogen) atoms. The molecule has 0 aromatic carbocycles. The molecule has 1 heterocycles. The van der Waals surface area contributed by atoms with E-state index in [9.17, 15) is 0 Å². The minimum atomic E-state index is 0.680. The molecule has 2 nitrogen and oxygen atoms in total. The SMILES string of the molecule is Cc1ccnc(C2CC2)n1. The van der Waals surface area contributed by atoms with Gasteiger partial charge in [0.25, 0.3) is 0 Å². The van der Waals surface area contributed by atoms with Crippen LogP contribution in [0.3, 0.4) is 0 Å². The van der Waals surface area contributed by atoms with Crippen molar-refractivity contribution in [3.8, 4) is 0 Å². The van der Waals surface area contributed by atoms with E-state index in [-0.39, 0.29) is 0 Å². The monoisotopic (exact) mass is 134 g/mol. The van der Waals surface area contributed by atoms with Crippen LogP contribution in [0.5, 0.6) is 0 Å². The molecule has 1 fully saturated rings. The van der Waals surface area contributed by atoms with Crippen LogP contribution in [-0.2, 0) is 0 Å². The van der Waals surface area contributed by atoms with Crippen LogP contribution in [0.25, 0.3) is 0 Å². The summed E-state index contributed by atoms with van der Waals surface area (Å²) >= 11 is 0. The highest BCUT2D eigenvalue weighted by molar-refractivity contribution is 5.08. The lowest BCUT2D eigenvalue weighted by molar-refractivity contribution is 0.906. The molecule has 2 heteroatoms. The van der Waals surface area contributed by atoms with E-state index in [1.807, 2.05) is 19.2 Å². The first-order valence-electron chi connectivity index (χ1n) is 3.66. The van der Waals surface area contributed by atoms with E-state index >= 15 is 0 Å². The quantitative estimate of drug-likeness (QED) is 0.583. The van der Waals surface area contributed by atoms with Crippen molar-refractivity contribution in [2.45, 2.75) is 25.7 Å². The van der Waals surface area contributed by atoms with Gasteiger partial charge in [-0.05, 0) is 25.8 Å². The zero-order valence-corrected chi connectivity index (χ0v) is 6.04. The number of aromatic nitrogens is 2. The fourth-order valence-corrected chi connectivity index (χ4v) is 1.01. The van der Waals surface area contributed by atoms with Gasteiger partial charge in [0.15, 0.2) is 0 Å². The molecule has 1 aromatic heterocycles. The Labute approximate surface area is 60.3 Å². The van der Waals surface area contributed by atoms with Gasteiger partial charge in [0, 0.05) is 17.8 Å². The predicted octanol–water partition coefficient (Wildman–Crippen LogP) is 1.66. The molecule has 0 N–H and O–H groups in total. The highest BCUT2D eigenvalue weighted by Crippen LogP contribution is 2.37. The highest BCUT2D eigenvalue weighted by atomic mass is 14.9. The molecule has 52 valence electrons. The highest BCUT2D eigenvalue weighted by Gasteiger charge is 2.25. The average Bonchev–Trinajstić information content (AvgIpc) is 2.68. The molecule has 1 aromatic rings. The maximum atomic E-state index is 4.32.